The van der Waals surface area contributed by atoms with Gasteiger partial charge in [0.05, 0.1) is 24.8 Å². The van der Waals surface area contributed by atoms with Gasteiger partial charge in [0.25, 0.3) is 0 Å². The van der Waals surface area contributed by atoms with Gasteiger partial charge in [0.2, 0.25) is 17.7 Å². The fourth-order valence-electron chi connectivity index (χ4n) is 3.54. The molecule has 4 rings (SSSR count). The Labute approximate surface area is 151 Å². The van der Waals surface area contributed by atoms with E-state index in [1.54, 1.807) is 0 Å². The van der Waals surface area contributed by atoms with E-state index in [0.717, 1.165) is 6.07 Å². The number of aromatic amines is 1. The SMILES string of the molecule is COC(=O)Cc1[nH]nc2c1C1(C(=O)Nc3ccc(F)cc31)C(C#N)=C(N)O2. The van der Waals surface area contributed by atoms with E-state index in [2.05, 4.69) is 20.3 Å². The first-order chi connectivity index (χ1) is 12.9. The molecule has 0 fully saturated rings. The van der Waals surface area contributed by atoms with Gasteiger partial charge in [-0.3, -0.25) is 14.7 Å². The number of aromatic nitrogens is 2. The number of rotatable bonds is 2. The summed E-state index contributed by atoms with van der Waals surface area (Å²) in [5.41, 5.74) is 4.69. The van der Waals surface area contributed by atoms with Crippen LogP contribution in [0.1, 0.15) is 16.8 Å². The van der Waals surface area contributed by atoms with E-state index in [9.17, 15) is 19.2 Å². The van der Waals surface area contributed by atoms with Crippen molar-refractivity contribution in [1.29, 1.82) is 5.26 Å². The zero-order valence-corrected chi connectivity index (χ0v) is 13.9. The van der Waals surface area contributed by atoms with Crippen molar-refractivity contribution >= 4 is 17.6 Å². The third-order valence-corrected chi connectivity index (χ3v) is 4.65. The van der Waals surface area contributed by atoms with Crippen LogP contribution in [0.5, 0.6) is 5.88 Å². The van der Waals surface area contributed by atoms with Crippen molar-refractivity contribution in [3.05, 3.63) is 52.3 Å². The average Bonchev–Trinajstić information content (AvgIpc) is 3.15. The van der Waals surface area contributed by atoms with Gasteiger partial charge < -0.3 is 20.5 Å². The molecule has 0 saturated carbocycles. The number of benzene rings is 1. The summed E-state index contributed by atoms with van der Waals surface area (Å²) in [4.78, 5) is 24.9. The van der Waals surface area contributed by atoms with E-state index < -0.39 is 23.1 Å². The molecule has 1 aromatic carbocycles. The number of carbonyl (C=O) groups excluding carboxylic acids is 2. The lowest BCUT2D eigenvalue weighted by Gasteiger charge is -2.31. The normalized spacial score (nSPS) is 19.8. The number of ether oxygens (including phenoxy) is 2. The lowest BCUT2D eigenvalue weighted by Crippen LogP contribution is -2.43. The molecule has 1 atom stereocenters. The third-order valence-electron chi connectivity index (χ3n) is 4.65. The lowest BCUT2D eigenvalue weighted by atomic mass is 9.69. The van der Waals surface area contributed by atoms with Crippen molar-refractivity contribution < 1.29 is 23.5 Å². The number of nitrogens with two attached hydrogens (primary N) is 1. The predicted octanol–water partition coefficient (Wildman–Crippen LogP) is 0.589. The van der Waals surface area contributed by atoms with E-state index >= 15 is 0 Å². The van der Waals surface area contributed by atoms with Crippen molar-refractivity contribution in [3.63, 3.8) is 0 Å². The van der Waals surface area contributed by atoms with Gasteiger partial charge >= 0.3 is 5.97 Å². The number of amides is 1. The zero-order chi connectivity index (χ0) is 19.3. The fourth-order valence-corrected chi connectivity index (χ4v) is 3.54. The number of methoxy groups -OCH3 is 1. The molecular weight excluding hydrogens is 357 g/mol. The van der Waals surface area contributed by atoms with Crippen molar-refractivity contribution in [3.8, 4) is 11.9 Å². The van der Waals surface area contributed by atoms with Gasteiger partial charge in [0.15, 0.2) is 0 Å². The molecule has 1 spiro atoms. The second-order valence-corrected chi connectivity index (χ2v) is 5.98. The summed E-state index contributed by atoms with van der Waals surface area (Å²) in [7, 11) is 1.21. The van der Waals surface area contributed by atoms with Gasteiger partial charge in [-0.1, -0.05) is 0 Å². The molecule has 0 aliphatic carbocycles. The highest BCUT2D eigenvalue weighted by Gasteiger charge is 2.58. The minimum Gasteiger partial charge on any atom is -0.469 e. The summed E-state index contributed by atoms with van der Waals surface area (Å²) in [6.07, 6.45) is -0.263. The summed E-state index contributed by atoms with van der Waals surface area (Å²) in [6.45, 7) is 0. The van der Waals surface area contributed by atoms with Crippen molar-refractivity contribution in [1.82, 2.24) is 10.2 Å². The summed E-state index contributed by atoms with van der Waals surface area (Å²) in [5.74, 6) is -2.23. The Morgan fingerprint density at radius 2 is 2.30 bits per heavy atom. The molecule has 2 aromatic rings. The summed E-state index contributed by atoms with van der Waals surface area (Å²) in [5, 5.41) is 18.9. The van der Waals surface area contributed by atoms with Crippen LogP contribution in [-0.2, 0) is 26.2 Å². The molecule has 0 bridgehead atoms. The maximum absolute atomic E-state index is 14.0. The Hall–Kier alpha value is -3.87. The molecule has 2 aliphatic rings. The smallest absolute Gasteiger partial charge is 0.311 e. The number of fused-ring (bicyclic) bond motifs is 4. The van der Waals surface area contributed by atoms with Crippen LogP contribution in [-0.4, -0.2) is 29.2 Å². The largest absolute Gasteiger partial charge is 0.469 e. The average molecular weight is 369 g/mol. The molecule has 4 N–H and O–H groups in total. The highest BCUT2D eigenvalue weighted by atomic mass is 19.1. The number of nitrogens with zero attached hydrogens (tertiary/aromatic N) is 2. The van der Waals surface area contributed by atoms with Gasteiger partial charge in [-0.05, 0) is 18.2 Å². The summed E-state index contributed by atoms with van der Waals surface area (Å²) in [6, 6.07) is 5.60. The Balaban J connectivity index is 2.08. The summed E-state index contributed by atoms with van der Waals surface area (Å²) >= 11 is 0. The highest BCUT2D eigenvalue weighted by molar-refractivity contribution is 6.12. The molecule has 0 saturated heterocycles. The number of nitrogens with one attached hydrogen (secondary N) is 2. The zero-order valence-electron chi connectivity index (χ0n) is 13.9. The lowest BCUT2D eigenvalue weighted by molar-refractivity contribution is -0.139. The van der Waals surface area contributed by atoms with E-state index in [4.69, 9.17) is 10.5 Å². The number of halogens is 1. The number of carbonyl (C=O) groups is 2. The van der Waals surface area contributed by atoms with Crippen LogP contribution in [0, 0.1) is 17.1 Å². The number of H-pyrrole nitrogens is 1. The Morgan fingerprint density at radius 3 is 3.00 bits per heavy atom. The number of nitriles is 1. The molecule has 1 amide bonds. The minimum absolute atomic E-state index is 0.0716. The van der Waals surface area contributed by atoms with Crippen LogP contribution in [0.25, 0.3) is 0 Å². The molecule has 10 heteroatoms. The molecule has 3 heterocycles. The van der Waals surface area contributed by atoms with Crippen molar-refractivity contribution in [2.45, 2.75) is 11.8 Å². The number of esters is 1. The quantitative estimate of drug-likeness (QED) is 0.657. The first-order valence-electron chi connectivity index (χ1n) is 7.77. The topological polar surface area (TPSA) is 143 Å². The molecule has 27 heavy (non-hydrogen) atoms. The van der Waals surface area contributed by atoms with Crippen LogP contribution < -0.4 is 15.8 Å². The van der Waals surface area contributed by atoms with Crippen molar-refractivity contribution in [2.75, 3.05) is 12.4 Å². The van der Waals surface area contributed by atoms with E-state index in [0.29, 0.717) is 5.69 Å². The van der Waals surface area contributed by atoms with Crippen LogP contribution in [0.15, 0.2) is 29.7 Å². The highest BCUT2D eigenvalue weighted by Crippen LogP contribution is 2.53. The first-order valence-corrected chi connectivity index (χ1v) is 7.77. The van der Waals surface area contributed by atoms with Crippen LogP contribution in [0.4, 0.5) is 10.1 Å². The maximum Gasteiger partial charge on any atom is 0.311 e. The second kappa shape index (κ2) is 5.57. The number of anilines is 1. The second-order valence-electron chi connectivity index (χ2n) is 5.98. The monoisotopic (exact) mass is 369 g/mol. The van der Waals surface area contributed by atoms with Crippen molar-refractivity contribution in [2.24, 2.45) is 5.73 Å². The number of hydrogen-bond donors (Lipinski definition) is 3. The minimum atomic E-state index is -1.79. The molecule has 136 valence electrons. The van der Waals surface area contributed by atoms with Crippen LogP contribution >= 0.6 is 0 Å². The van der Waals surface area contributed by atoms with Gasteiger partial charge in [0, 0.05) is 11.3 Å². The van der Waals surface area contributed by atoms with E-state index in [1.165, 1.54) is 19.2 Å². The van der Waals surface area contributed by atoms with Gasteiger partial charge in [0.1, 0.15) is 22.9 Å². The predicted molar refractivity (Wildman–Crippen MR) is 87.6 cm³/mol. The molecule has 1 unspecified atom stereocenters. The summed E-state index contributed by atoms with van der Waals surface area (Å²) < 4.78 is 24.1. The molecule has 1 aromatic heterocycles. The third kappa shape index (κ3) is 2.05. The number of hydrogen-bond acceptors (Lipinski definition) is 7. The van der Waals surface area contributed by atoms with Crippen LogP contribution in [0.3, 0.4) is 0 Å². The Morgan fingerprint density at radius 1 is 1.52 bits per heavy atom. The van der Waals surface area contributed by atoms with Gasteiger partial charge in [-0.25, -0.2) is 4.39 Å². The van der Waals surface area contributed by atoms with Gasteiger partial charge in [-0.2, -0.15) is 5.26 Å². The molecule has 9 nitrogen and oxygen atoms in total. The molecule has 0 radical (unpaired) electrons. The Kier molecular flexibility index (Phi) is 3.42. The van der Waals surface area contributed by atoms with Crippen LogP contribution in [0.2, 0.25) is 0 Å². The molecule has 2 aliphatic heterocycles. The first kappa shape index (κ1) is 16.6. The van der Waals surface area contributed by atoms with Gasteiger partial charge in [-0.15, -0.1) is 5.10 Å². The Bertz CT molecular complexity index is 1080. The fraction of sp³-hybridized carbons (Fsp3) is 0.176. The van der Waals surface area contributed by atoms with E-state index in [1.807, 2.05) is 6.07 Å². The maximum atomic E-state index is 14.0. The van der Waals surface area contributed by atoms with E-state index in [-0.39, 0.29) is 40.6 Å². The standard InChI is InChI=1S/C17H12FN5O4/c1-26-12(24)5-11-13-15(23-22-11)27-14(20)9(6-19)17(13)8-4-7(18)2-3-10(8)21-16(17)25/h2-4H,5,20H2,1H3,(H,21,25)(H,22,23). The molecular formula is C17H12FN5O4.